The van der Waals surface area contributed by atoms with Crippen LogP contribution in [0, 0.1) is 0 Å². The third-order valence-electron chi connectivity index (χ3n) is 3.65. The van der Waals surface area contributed by atoms with E-state index in [1.165, 1.54) is 12.5 Å². The number of aromatic carboxylic acids is 1. The second-order valence-corrected chi connectivity index (χ2v) is 5.24. The molecular formula is C14H19ClN2O2. The highest BCUT2D eigenvalue weighted by Gasteiger charge is 2.23. The lowest BCUT2D eigenvalue weighted by molar-refractivity contribution is 0.0698. The lowest BCUT2D eigenvalue weighted by Gasteiger charge is -2.23. The molecule has 0 amide bonds. The van der Waals surface area contributed by atoms with Crippen LogP contribution >= 0.6 is 11.6 Å². The van der Waals surface area contributed by atoms with Gasteiger partial charge in [-0.2, -0.15) is 0 Å². The molecule has 4 nitrogen and oxygen atoms in total. The Morgan fingerprint density at radius 3 is 3.05 bits per heavy atom. The topological polar surface area (TPSA) is 52.6 Å². The molecule has 0 aromatic heterocycles. The van der Waals surface area contributed by atoms with Gasteiger partial charge in [-0.15, -0.1) is 0 Å². The highest BCUT2D eigenvalue weighted by atomic mass is 35.5. The number of carboxylic acids is 1. The largest absolute Gasteiger partial charge is 0.478 e. The molecule has 1 aromatic rings. The van der Waals surface area contributed by atoms with Gasteiger partial charge in [0.15, 0.2) is 0 Å². The Labute approximate surface area is 118 Å². The molecule has 2 N–H and O–H groups in total. The van der Waals surface area contributed by atoms with Crippen molar-refractivity contribution in [2.24, 2.45) is 0 Å². The number of likely N-dealkylation sites (N-methyl/N-ethyl adjacent to an activating group) is 1. The molecular weight excluding hydrogens is 264 g/mol. The van der Waals surface area contributed by atoms with Crippen LogP contribution in [0.4, 0.5) is 5.69 Å². The van der Waals surface area contributed by atoms with Crippen molar-refractivity contribution in [3.05, 3.63) is 28.8 Å². The average Bonchev–Trinajstić information content (AvgIpc) is 2.84. The first-order valence-electron chi connectivity index (χ1n) is 6.62. The van der Waals surface area contributed by atoms with Gasteiger partial charge in [-0.05, 0) is 44.1 Å². The molecule has 0 saturated carbocycles. The maximum atomic E-state index is 11.2. The average molecular weight is 283 g/mol. The quantitative estimate of drug-likeness (QED) is 0.872. The smallest absolute Gasteiger partial charge is 0.337 e. The molecule has 1 fully saturated rings. The molecule has 19 heavy (non-hydrogen) atoms. The predicted octanol–water partition coefficient (Wildman–Crippen LogP) is 2.93. The van der Waals surface area contributed by atoms with Crippen molar-refractivity contribution in [1.29, 1.82) is 0 Å². The fourth-order valence-electron chi connectivity index (χ4n) is 2.62. The van der Waals surface area contributed by atoms with E-state index in [2.05, 4.69) is 17.1 Å². The van der Waals surface area contributed by atoms with Crippen LogP contribution in [0.25, 0.3) is 0 Å². The maximum absolute atomic E-state index is 11.2. The Kier molecular flexibility index (Phi) is 4.66. The predicted molar refractivity (Wildman–Crippen MR) is 77.2 cm³/mol. The number of hydrogen-bond donors (Lipinski definition) is 2. The second-order valence-electron chi connectivity index (χ2n) is 4.80. The van der Waals surface area contributed by atoms with Crippen LogP contribution < -0.4 is 5.32 Å². The first-order valence-corrected chi connectivity index (χ1v) is 7.00. The normalized spacial score (nSPS) is 19.6. The zero-order valence-electron chi connectivity index (χ0n) is 11.0. The van der Waals surface area contributed by atoms with Crippen LogP contribution in [0.1, 0.15) is 30.1 Å². The van der Waals surface area contributed by atoms with E-state index in [9.17, 15) is 9.90 Å². The van der Waals surface area contributed by atoms with E-state index in [4.69, 9.17) is 11.6 Å². The molecule has 104 valence electrons. The fraction of sp³-hybridized carbons (Fsp3) is 0.500. The summed E-state index contributed by atoms with van der Waals surface area (Å²) in [6, 6.07) is 5.42. The Morgan fingerprint density at radius 2 is 2.37 bits per heavy atom. The van der Waals surface area contributed by atoms with Crippen molar-refractivity contribution in [3.8, 4) is 0 Å². The van der Waals surface area contributed by atoms with E-state index in [1.54, 1.807) is 12.1 Å². The summed E-state index contributed by atoms with van der Waals surface area (Å²) >= 11 is 5.83. The van der Waals surface area contributed by atoms with Gasteiger partial charge in [-0.1, -0.05) is 18.5 Å². The summed E-state index contributed by atoms with van der Waals surface area (Å²) in [5.74, 6) is -0.955. The van der Waals surface area contributed by atoms with Crippen LogP contribution in [-0.2, 0) is 0 Å². The summed E-state index contributed by atoms with van der Waals surface area (Å²) in [7, 11) is 0. The van der Waals surface area contributed by atoms with Crippen LogP contribution in [0.5, 0.6) is 0 Å². The molecule has 1 aliphatic rings. The molecule has 1 aliphatic heterocycles. The summed E-state index contributed by atoms with van der Waals surface area (Å²) in [6.07, 6.45) is 2.38. The number of anilines is 1. The first kappa shape index (κ1) is 14.2. The van der Waals surface area contributed by atoms with E-state index < -0.39 is 5.97 Å². The monoisotopic (exact) mass is 282 g/mol. The number of halogens is 1. The van der Waals surface area contributed by atoms with Gasteiger partial charge in [0.05, 0.1) is 5.56 Å². The third kappa shape index (κ3) is 3.39. The lowest BCUT2D eigenvalue weighted by atomic mass is 10.1. The lowest BCUT2D eigenvalue weighted by Crippen LogP contribution is -2.34. The highest BCUT2D eigenvalue weighted by molar-refractivity contribution is 6.31. The molecule has 1 aromatic carbocycles. The zero-order valence-corrected chi connectivity index (χ0v) is 11.8. The van der Waals surface area contributed by atoms with E-state index in [-0.39, 0.29) is 5.56 Å². The number of hydrogen-bond acceptors (Lipinski definition) is 3. The number of rotatable bonds is 5. The van der Waals surface area contributed by atoms with Gasteiger partial charge >= 0.3 is 5.97 Å². The maximum Gasteiger partial charge on any atom is 0.337 e. The number of carboxylic acid groups (broad SMARTS) is 1. The number of benzene rings is 1. The van der Waals surface area contributed by atoms with Crippen LogP contribution in [-0.4, -0.2) is 41.7 Å². The van der Waals surface area contributed by atoms with Crippen molar-refractivity contribution in [2.45, 2.75) is 25.8 Å². The van der Waals surface area contributed by atoms with Gasteiger partial charge in [0.25, 0.3) is 0 Å². The van der Waals surface area contributed by atoms with Crippen LogP contribution in [0.15, 0.2) is 18.2 Å². The fourth-order valence-corrected chi connectivity index (χ4v) is 2.79. The Morgan fingerprint density at radius 1 is 1.58 bits per heavy atom. The molecule has 2 rings (SSSR count). The molecule has 0 bridgehead atoms. The minimum Gasteiger partial charge on any atom is -0.478 e. The molecule has 1 unspecified atom stereocenters. The van der Waals surface area contributed by atoms with Crippen molar-refractivity contribution >= 4 is 23.3 Å². The summed E-state index contributed by atoms with van der Waals surface area (Å²) < 4.78 is 0. The Bertz CT molecular complexity index is 465. The number of likely N-dealkylation sites (tertiary alicyclic amines) is 1. The standard InChI is InChI=1S/C14H19ClN2O2/c1-2-17-7-3-4-11(17)9-16-13-6-5-10(15)8-12(13)14(18)19/h5-6,8,11,16H,2-4,7,9H2,1H3,(H,18,19). The molecule has 5 heteroatoms. The van der Waals surface area contributed by atoms with Crippen LogP contribution in [0.2, 0.25) is 5.02 Å². The van der Waals surface area contributed by atoms with Gasteiger partial charge in [-0.25, -0.2) is 4.79 Å². The molecule has 1 saturated heterocycles. The Hall–Kier alpha value is -1.26. The molecule has 1 atom stereocenters. The minimum absolute atomic E-state index is 0.230. The summed E-state index contributed by atoms with van der Waals surface area (Å²) in [6.45, 7) is 5.10. The third-order valence-corrected chi connectivity index (χ3v) is 3.88. The van der Waals surface area contributed by atoms with Crippen molar-refractivity contribution in [1.82, 2.24) is 4.90 Å². The number of carbonyl (C=O) groups is 1. The molecule has 1 heterocycles. The van der Waals surface area contributed by atoms with E-state index in [1.807, 2.05) is 0 Å². The first-order chi connectivity index (χ1) is 9.11. The summed E-state index contributed by atoms with van der Waals surface area (Å²) in [5, 5.41) is 12.9. The SMILES string of the molecule is CCN1CCCC1CNc1ccc(Cl)cc1C(=O)O. The summed E-state index contributed by atoms with van der Waals surface area (Å²) in [4.78, 5) is 13.6. The van der Waals surface area contributed by atoms with Crippen LogP contribution in [0.3, 0.4) is 0 Å². The second kappa shape index (κ2) is 6.26. The number of nitrogens with zero attached hydrogens (tertiary/aromatic N) is 1. The molecule has 0 spiro atoms. The van der Waals surface area contributed by atoms with Gasteiger partial charge in [0, 0.05) is 23.3 Å². The van der Waals surface area contributed by atoms with E-state index in [0.717, 1.165) is 26.1 Å². The van der Waals surface area contributed by atoms with E-state index in [0.29, 0.717) is 16.8 Å². The minimum atomic E-state index is -0.955. The number of nitrogens with one attached hydrogen (secondary N) is 1. The van der Waals surface area contributed by atoms with Crippen molar-refractivity contribution in [2.75, 3.05) is 25.0 Å². The highest BCUT2D eigenvalue weighted by Crippen LogP contribution is 2.22. The zero-order chi connectivity index (χ0) is 13.8. The van der Waals surface area contributed by atoms with Crippen molar-refractivity contribution in [3.63, 3.8) is 0 Å². The van der Waals surface area contributed by atoms with Gasteiger partial charge in [0.1, 0.15) is 0 Å². The Balaban J connectivity index is 2.05. The van der Waals surface area contributed by atoms with Gasteiger partial charge in [-0.3, -0.25) is 4.90 Å². The van der Waals surface area contributed by atoms with Gasteiger partial charge in [0.2, 0.25) is 0 Å². The van der Waals surface area contributed by atoms with Gasteiger partial charge < -0.3 is 10.4 Å². The summed E-state index contributed by atoms with van der Waals surface area (Å²) in [5.41, 5.74) is 0.869. The van der Waals surface area contributed by atoms with Crippen molar-refractivity contribution < 1.29 is 9.90 Å². The molecule has 0 aliphatic carbocycles. The van der Waals surface area contributed by atoms with E-state index >= 15 is 0 Å². The molecule has 0 radical (unpaired) electrons.